The van der Waals surface area contributed by atoms with Crippen LogP contribution in [0.2, 0.25) is 0 Å². The largest absolute Gasteiger partial charge is 0.370 e. The first-order chi connectivity index (χ1) is 11.4. The van der Waals surface area contributed by atoms with E-state index in [9.17, 15) is 0 Å². The fraction of sp³-hybridized carbons (Fsp3) is 0.350. The molecule has 4 rings (SSSR count). The molecule has 4 heteroatoms. The van der Waals surface area contributed by atoms with Gasteiger partial charge in [0.25, 0.3) is 0 Å². The predicted molar refractivity (Wildman–Crippen MR) is 106 cm³/mol. The smallest absolute Gasteiger partial charge is 0.0943 e. The summed E-state index contributed by atoms with van der Waals surface area (Å²) < 4.78 is 1.29. The summed E-state index contributed by atoms with van der Waals surface area (Å²) in [6.07, 6.45) is 2.11. The molecule has 0 amide bonds. The summed E-state index contributed by atoms with van der Waals surface area (Å²) in [4.78, 5) is 6.23. The average Bonchev–Trinajstić information content (AvgIpc) is 3.03. The average molecular weight is 355 g/mol. The van der Waals surface area contributed by atoms with Crippen molar-refractivity contribution in [2.24, 2.45) is 5.41 Å². The number of hydrogen-bond acceptors (Lipinski definition) is 4. The van der Waals surface area contributed by atoms with Crippen LogP contribution in [0.1, 0.15) is 32.2 Å². The van der Waals surface area contributed by atoms with E-state index in [0.717, 1.165) is 18.4 Å². The molecule has 124 valence electrons. The van der Waals surface area contributed by atoms with Crippen LogP contribution in [0.3, 0.4) is 0 Å². The summed E-state index contributed by atoms with van der Waals surface area (Å²) in [5.41, 5.74) is 2.58. The van der Waals surface area contributed by atoms with Gasteiger partial charge in [0.15, 0.2) is 0 Å². The van der Waals surface area contributed by atoms with E-state index in [4.69, 9.17) is 4.98 Å². The Kier molecular flexibility index (Phi) is 3.85. The summed E-state index contributed by atoms with van der Waals surface area (Å²) in [5, 5.41) is 4.97. The molecule has 0 spiro atoms. The molecule has 1 N–H and O–H groups in total. The Hall–Kier alpha value is -1.52. The molecule has 2 aromatic carbocycles. The molecule has 3 aromatic rings. The second kappa shape index (κ2) is 5.78. The topological polar surface area (TPSA) is 24.9 Å². The molecule has 0 saturated heterocycles. The van der Waals surface area contributed by atoms with Crippen molar-refractivity contribution in [3.8, 4) is 0 Å². The number of hydrogen-bond donors (Lipinski definition) is 1. The van der Waals surface area contributed by atoms with Gasteiger partial charge in [-0.25, -0.2) is 4.98 Å². The lowest BCUT2D eigenvalue weighted by Gasteiger charge is -2.34. The van der Waals surface area contributed by atoms with Crippen LogP contribution in [0.4, 0.5) is 5.69 Å². The summed E-state index contributed by atoms with van der Waals surface area (Å²) in [7, 11) is 0. The van der Waals surface area contributed by atoms with Gasteiger partial charge in [-0.3, -0.25) is 0 Å². The van der Waals surface area contributed by atoms with Crippen LogP contribution >= 0.6 is 23.1 Å². The minimum Gasteiger partial charge on any atom is -0.370 e. The Morgan fingerprint density at radius 3 is 2.62 bits per heavy atom. The number of fused-ring (bicyclic) bond motifs is 2. The first-order valence-corrected chi connectivity index (χ1v) is 9.97. The van der Waals surface area contributed by atoms with Gasteiger partial charge in [-0.05, 0) is 43.0 Å². The van der Waals surface area contributed by atoms with E-state index in [-0.39, 0.29) is 10.3 Å². The Labute approximate surface area is 151 Å². The van der Waals surface area contributed by atoms with Crippen LogP contribution in [0.15, 0.2) is 53.4 Å². The van der Waals surface area contributed by atoms with E-state index in [1.165, 1.54) is 20.3 Å². The maximum absolute atomic E-state index is 4.83. The van der Waals surface area contributed by atoms with E-state index >= 15 is 0 Å². The molecule has 1 aliphatic heterocycles. The number of benzene rings is 2. The van der Waals surface area contributed by atoms with Gasteiger partial charge in [-0.2, -0.15) is 0 Å². The van der Waals surface area contributed by atoms with E-state index in [2.05, 4.69) is 74.6 Å². The standard InChI is InChI=1S/C20H22N2S2/c1-19(2,12-18-21-14-8-4-6-10-16(14)23-18)13-20(3)22-15-9-5-7-11-17(15)24-20/h4-11,22H,12-13H2,1-3H3/t20-/m1/s1. The van der Waals surface area contributed by atoms with Gasteiger partial charge in [0.05, 0.1) is 20.1 Å². The zero-order chi connectivity index (χ0) is 16.8. The fourth-order valence-corrected chi connectivity index (χ4v) is 6.38. The van der Waals surface area contributed by atoms with Crippen molar-refractivity contribution in [1.82, 2.24) is 4.98 Å². The first-order valence-electron chi connectivity index (χ1n) is 8.33. The van der Waals surface area contributed by atoms with Crippen molar-refractivity contribution < 1.29 is 0 Å². The van der Waals surface area contributed by atoms with Gasteiger partial charge >= 0.3 is 0 Å². The molecule has 1 aliphatic rings. The summed E-state index contributed by atoms with van der Waals surface area (Å²) in [5.74, 6) is 0. The third-order valence-corrected chi connectivity index (χ3v) is 6.71. The second-order valence-electron chi connectivity index (χ2n) is 7.55. The summed E-state index contributed by atoms with van der Waals surface area (Å²) >= 11 is 3.78. The molecule has 2 nitrogen and oxygen atoms in total. The van der Waals surface area contributed by atoms with Crippen LogP contribution in [0, 0.1) is 5.41 Å². The summed E-state index contributed by atoms with van der Waals surface area (Å²) in [6.45, 7) is 7.03. The monoisotopic (exact) mass is 354 g/mol. The van der Waals surface area contributed by atoms with Crippen LogP contribution in [-0.2, 0) is 6.42 Å². The van der Waals surface area contributed by atoms with Crippen molar-refractivity contribution >= 4 is 39.0 Å². The zero-order valence-electron chi connectivity index (χ0n) is 14.3. The number of aromatic nitrogens is 1. The maximum atomic E-state index is 4.83. The van der Waals surface area contributed by atoms with Crippen molar-refractivity contribution in [3.63, 3.8) is 0 Å². The lowest BCUT2D eigenvalue weighted by atomic mass is 9.83. The highest BCUT2D eigenvalue weighted by Crippen LogP contribution is 2.50. The highest BCUT2D eigenvalue weighted by molar-refractivity contribution is 8.01. The SMILES string of the molecule is CC(C)(Cc1nc2ccccc2s1)C[C@]1(C)Nc2ccccc2S1. The first kappa shape index (κ1) is 16.0. The third-order valence-electron chi connectivity index (χ3n) is 4.41. The number of para-hydroxylation sites is 2. The van der Waals surface area contributed by atoms with E-state index in [0.29, 0.717) is 0 Å². The lowest BCUT2D eigenvalue weighted by molar-refractivity contribution is 0.305. The molecule has 0 fully saturated rings. The molecule has 0 saturated carbocycles. The van der Waals surface area contributed by atoms with Gasteiger partial charge in [0.1, 0.15) is 0 Å². The molecule has 24 heavy (non-hydrogen) atoms. The number of anilines is 1. The molecule has 1 atom stereocenters. The zero-order valence-corrected chi connectivity index (χ0v) is 15.9. The fourth-order valence-electron chi connectivity index (χ4n) is 3.67. The van der Waals surface area contributed by atoms with Crippen LogP contribution in [-0.4, -0.2) is 9.85 Å². The number of thioether (sulfide) groups is 1. The highest BCUT2D eigenvalue weighted by Gasteiger charge is 2.38. The van der Waals surface area contributed by atoms with E-state index in [1.807, 2.05) is 23.1 Å². The van der Waals surface area contributed by atoms with Crippen molar-refractivity contribution in [1.29, 1.82) is 0 Å². The van der Waals surface area contributed by atoms with Crippen molar-refractivity contribution in [3.05, 3.63) is 53.5 Å². The Balaban J connectivity index is 1.51. The number of nitrogens with one attached hydrogen (secondary N) is 1. The van der Waals surface area contributed by atoms with Gasteiger partial charge in [-0.15, -0.1) is 11.3 Å². The normalized spacial score (nSPS) is 20.1. The molecule has 0 bridgehead atoms. The van der Waals surface area contributed by atoms with Gasteiger partial charge < -0.3 is 5.32 Å². The highest BCUT2D eigenvalue weighted by atomic mass is 32.2. The Morgan fingerprint density at radius 1 is 1.08 bits per heavy atom. The third kappa shape index (κ3) is 3.17. The van der Waals surface area contributed by atoms with Crippen molar-refractivity contribution in [2.75, 3.05) is 5.32 Å². The lowest BCUT2D eigenvalue weighted by Crippen LogP contribution is -2.34. The minimum absolute atomic E-state index is 0.0455. The minimum atomic E-state index is 0.0455. The second-order valence-corrected chi connectivity index (χ2v) is 10.2. The number of thiazole rings is 1. The maximum Gasteiger partial charge on any atom is 0.0943 e. The molecule has 0 unspecified atom stereocenters. The van der Waals surface area contributed by atoms with Crippen molar-refractivity contribution in [2.45, 2.75) is 43.4 Å². The van der Waals surface area contributed by atoms with E-state index in [1.54, 1.807) is 0 Å². The molecular formula is C20H22N2S2. The van der Waals surface area contributed by atoms with Gasteiger partial charge in [0.2, 0.25) is 0 Å². The van der Waals surface area contributed by atoms with Crippen LogP contribution in [0.25, 0.3) is 10.2 Å². The van der Waals surface area contributed by atoms with Gasteiger partial charge in [-0.1, -0.05) is 49.9 Å². The Bertz CT molecular complexity index is 824. The number of rotatable bonds is 4. The molecule has 2 heterocycles. The molecule has 1 aromatic heterocycles. The van der Waals surface area contributed by atoms with Crippen LogP contribution < -0.4 is 5.32 Å². The molecule has 0 radical (unpaired) electrons. The van der Waals surface area contributed by atoms with Gasteiger partial charge in [0, 0.05) is 17.0 Å². The molecular weight excluding hydrogens is 332 g/mol. The van der Waals surface area contributed by atoms with E-state index < -0.39 is 0 Å². The Morgan fingerprint density at radius 2 is 1.83 bits per heavy atom. The number of nitrogens with zero attached hydrogens (tertiary/aromatic N) is 1. The molecule has 0 aliphatic carbocycles. The quantitative estimate of drug-likeness (QED) is 0.605. The predicted octanol–water partition coefficient (Wildman–Crippen LogP) is 6.19. The summed E-state index contributed by atoms with van der Waals surface area (Å²) in [6, 6.07) is 17.0. The van der Waals surface area contributed by atoms with Crippen LogP contribution in [0.5, 0.6) is 0 Å².